The van der Waals surface area contributed by atoms with Gasteiger partial charge in [0.2, 0.25) is 0 Å². The Balaban J connectivity index is 2.72. The van der Waals surface area contributed by atoms with Crippen LogP contribution >= 0.6 is 0 Å². The molecule has 3 heteroatoms. The number of rotatable bonds is 2. The van der Waals surface area contributed by atoms with Crippen LogP contribution in [0.1, 0.15) is 24.3 Å². The zero-order valence-electron chi connectivity index (χ0n) is 7.57. The van der Waals surface area contributed by atoms with E-state index in [1.807, 2.05) is 33.2 Å². The summed E-state index contributed by atoms with van der Waals surface area (Å²) in [7, 11) is 1.82. The molecule has 0 aliphatic rings. The second-order valence-electron chi connectivity index (χ2n) is 2.96. The largest absolute Gasteiger partial charge is 0.458 e. The molecule has 0 spiro atoms. The van der Waals surface area contributed by atoms with Crippen molar-refractivity contribution in [2.75, 3.05) is 0 Å². The third-order valence-corrected chi connectivity index (χ3v) is 1.50. The Labute approximate surface area is 72.0 Å². The zero-order chi connectivity index (χ0) is 9.14. The fraction of sp³-hybridized carbons (Fsp3) is 0.444. The van der Waals surface area contributed by atoms with Crippen molar-refractivity contribution < 1.29 is 9.53 Å². The van der Waals surface area contributed by atoms with E-state index in [-0.39, 0.29) is 12.1 Å². The third kappa shape index (κ3) is 1.87. The molecule has 0 fully saturated rings. The monoisotopic (exact) mass is 167 g/mol. The summed E-state index contributed by atoms with van der Waals surface area (Å²) in [6, 6.07) is 3.56. The number of hydrogen-bond acceptors (Lipinski definition) is 2. The average Bonchev–Trinajstić information content (AvgIpc) is 2.33. The molecule has 1 rings (SSSR count). The highest BCUT2D eigenvalue weighted by molar-refractivity contribution is 5.87. The number of ether oxygens (including phenoxy) is 1. The van der Waals surface area contributed by atoms with Crippen LogP contribution in [0.2, 0.25) is 0 Å². The van der Waals surface area contributed by atoms with Crippen molar-refractivity contribution in [2.24, 2.45) is 7.05 Å². The number of carbonyl (C=O) groups excluding carboxylic acids is 1. The SMILES string of the molecule is CC(C)OC(=O)c1cccn1C. The van der Waals surface area contributed by atoms with E-state index in [0.717, 1.165) is 0 Å². The molecule has 12 heavy (non-hydrogen) atoms. The fourth-order valence-electron chi connectivity index (χ4n) is 0.948. The van der Waals surface area contributed by atoms with Crippen molar-refractivity contribution >= 4 is 5.97 Å². The van der Waals surface area contributed by atoms with Crippen molar-refractivity contribution in [3.63, 3.8) is 0 Å². The van der Waals surface area contributed by atoms with E-state index in [1.54, 1.807) is 10.6 Å². The molecule has 0 bridgehead atoms. The molecule has 3 nitrogen and oxygen atoms in total. The number of aromatic nitrogens is 1. The summed E-state index contributed by atoms with van der Waals surface area (Å²) in [4.78, 5) is 11.3. The van der Waals surface area contributed by atoms with Gasteiger partial charge in [-0.1, -0.05) is 0 Å². The van der Waals surface area contributed by atoms with Crippen LogP contribution < -0.4 is 0 Å². The first-order chi connectivity index (χ1) is 5.61. The molecular formula is C9H13NO2. The summed E-state index contributed by atoms with van der Waals surface area (Å²) in [6.07, 6.45) is 1.75. The lowest BCUT2D eigenvalue weighted by Gasteiger charge is -2.07. The van der Waals surface area contributed by atoms with Gasteiger partial charge in [0.05, 0.1) is 6.10 Å². The minimum absolute atomic E-state index is 0.0626. The molecule has 0 atom stereocenters. The van der Waals surface area contributed by atoms with Crippen LogP contribution in [-0.4, -0.2) is 16.6 Å². The van der Waals surface area contributed by atoms with E-state index in [4.69, 9.17) is 4.74 Å². The number of nitrogens with zero attached hydrogens (tertiary/aromatic N) is 1. The van der Waals surface area contributed by atoms with Gasteiger partial charge in [-0.2, -0.15) is 0 Å². The molecule has 0 aliphatic carbocycles. The van der Waals surface area contributed by atoms with Crippen LogP contribution in [0.3, 0.4) is 0 Å². The molecule has 0 aromatic carbocycles. The highest BCUT2D eigenvalue weighted by Gasteiger charge is 2.10. The fourth-order valence-corrected chi connectivity index (χ4v) is 0.948. The van der Waals surface area contributed by atoms with Crippen molar-refractivity contribution in [3.8, 4) is 0 Å². The predicted molar refractivity (Wildman–Crippen MR) is 46.0 cm³/mol. The molecule has 66 valence electrons. The van der Waals surface area contributed by atoms with E-state index >= 15 is 0 Å². The Morgan fingerprint density at radius 3 is 2.67 bits per heavy atom. The first kappa shape index (κ1) is 8.84. The van der Waals surface area contributed by atoms with E-state index in [9.17, 15) is 4.79 Å². The summed E-state index contributed by atoms with van der Waals surface area (Å²) < 4.78 is 6.76. The van der Waals surface area contributed by atoms with E-state index in [2.05, 4.69) is 0 Å². The Kier molecular flexibility index (Phi) is 2.53. The summed E-state index contributed by atoms with van der Waals surface area (Å²) in [5, 5.41) is 0. The van der Waals surface area contributed by atoms with Gasteiger partial charge in [0.25, 0.3) is 0 Å². The van der Waals surface area contributed by atoms with Crippen LogP contribution in [0.25, 0.3) is 0 Å². The highest BCUT2D eigenvalue weighted by atomic mass is 16.5. The van der Waals surface area contributed by atoms with Crippen molar-refractivity contribution in [2.45, 2.75) is 20.0 Å². The molecule has 0 radical (unpaired) electrons. The molecule has 1 aromatic rings. The molecule has 0 N–H and O–H groups in total. The van der Waals surface area contributed by atoms with Crippen LogP contribution in [0.5, 0.6) is 0 Å². The quantitative estimate of drug-likeness (QED) is 0.626. The second-order valence-corrected chi connectivity index (χ2v) is 2.96. The van der Waals surface area contributed by atoms with Gasteiger partial charge in [-0.15, -0.1) is 0 Å². The van der Waals surface area contributed by atoms with Gasteiger partial charge in [0.1, 0.15) is 5.69 Å². The molecule has 0 unspecified atom stereocenters. The highest BCUT2D eigenvalue weighted by Crippen LogP contribution is 2.03. The summed E-state index contributed by atoms with van der Waals surface area (Å²) in [6.45, 7) is 3.67. The maximum Gasteiger partial charge on any atom is 0.355 e. The third-order valence-electron chi connectivity index (χ3n) is 1.50. The number of esters is 1. The summed E-state index contributed by atoms with van der Waals surface area (Å²) >= 11 is 0. The van der Waals surface area contributed by atoms with Crippen LogP contribution in [0, 0.1) is 0 Å². The van der Waals surface area contributed by atoms with Crippen LogP contribution in [0.15, 0.2) is 18.3 Å². The van der Waals surface area contributed by atoms with Gasteiger partial charge in [0, 0.05) is 13.2 Å². The maximum atomic E-state index is 11.3. The molecular weight excluding hydrogens is 154 g/mol. The lowest BCUT2D eigenvalue weighted by atomic mass is 10.4. The van der Waals surface area contributed by atoms with Gasteiger partial charge in [-0.3, -0.25) is 0 Å². The van der Waals surface area contributed by atoms with Gasteiger partial charge < -0.3 is 9.30 Å². The van der Waals surface area contributed by atoms with E-state index in [1.165, 1.54) is 0 Å². The second kappa shape index (κ2) is 3.43. The lowest BCUT2D eigenvalue weighted by Crippen LogP contribution is -2.14. The number of hydrogen-bond donors (Lipinski definition) is 0. The van der Waals surface area contributed by atoms with E-state index < -0.39 is 0 Å². The first-order valence-electron chi connectivity index (χ1n) is 3.93. The van der Waals surface area contributed by atoms with E-state index in [0.29, 0.717) is 5.69 Å². The Morgan fingerprint density at radius 1 is 1.58 bits per heavy atom. The molecule has 0 aliphatic heterocycles. The Morgan fingerprint density at radius 2 is 2.25 bits per heavy atom. The Hall–Kier alpha value is -1.25. The molecule has 1 heterocycles. The Bertz CT molecular complexity index is 276. The van der Waals surface area contributed by atoms with Gasteiger partial charge in [-0.05, 0) is 26.0 Å². The van der Waals surface area contributed by atoms with Crippen LogP contribution in [0.4, 0.5) is 0 Å². The lowest BCUT2D eigenvalue weighted by molar-refractivity contribution is 0.0366. The number of carbonyl (C=O) groups is 1. The predicted octanol–water partition coefficient (Wildman–Crippen LogP) is 1.59. The molecule has 0 saturated heterocycles. The minimum atomic E-state index is -0.266. The molecule has 0 amide bonds. The first-order valence-corrected chi connectivity index (χ1v) is 3.93. The topological polar surface area (TPSA) is 31.2 Å². The molecule has 1 aromatic heterocycles. The minimum Gasteiger partial charge on any atom is -0.458 e. The van der Waals surface area contributed by atoms with Crippen molar-refractivity contribution in [1.82, 2.24) is 4.57 Å². The van der Waals surface area contributed by atoms with Crippen LogP contribution in [-0.2, 0) is 11.8 Å². The van der Waals surface area contributed by atoms with Gasteiger partial charge in [-0.25, -0.2) is 4.79 Å². The summed E-state index contributed by atoms with van der Waals surface area (Å²) in [5.74, 6) is -0.266. The smallest absolute Gasteiger partial charge is 0.355 e. The van der Waals surface area contributed by atoms with Crippen molar-refractivity contribution in [3.05, 3.63) is 24.0 Å². The zero-order valence-corrected chi connectivity index (χ0v) is 7.57. The normalized spacial score (nSPS) is 10.3. The number of aryl methyl sites for hydroxylation is 1. The van der Waals surface area contributed by atoms with Gasteiger partial charge >= 0.3 is 5.97 Å². The standard InChI is InChI=1S/C9H13NO2/c1-7(2)12-9(11)8-5-4-6-10(8)3/h4-7H,1-3H3. The summed E-state index contributed by atoms with van der Waals surface area (Å²) in [5.41, 5.74) is 0.587. The van der Waals surface area contributed by atoms with Crippen molar-refractivity contribution in [1.29, 1.82) is 0 Å². The molecule has 0 saturated carbocycles. The maximum absolute atomic E-state index is 11.3. The average molecular weight is 167 g/mol. The van der Waals surface area contributed by atoms with Gasteiger partial charge in [0.15, 0.2) is 0 Å².